The van der Waals surface area contributed by atoms with Gasteiger partial charge >= 0.3 is 0 Å². The molecule has 9 unspecified atom stereocenters. The Balaban J connectivity index is 1.14. The Morgan fingerprint density at radius 2 is 1.51 bits per heavy atom. The molecule has 9 atom stereocenters. The number of hydrogen-bond acceptors (Lipinski definition) is 4. The average Bonchev–Trinajstić information content (AvgIpc) is 3.80. The summed E-state index contributed by atoms with van der Waals surface area (Å²) in [6.45, 7) is 0. The van der Waals surface area contributed by atoms with E-state index in [0.29, 0.717) is 35.1 Å². The van der Waals surface area contributed by atoms with E-state index >= 15 is 0 Å². The molecule has 0 bridgehead atoms. The molecule has 10 rings (SSSR count). The van der Waals surface area contributed by atoms with Crippen LogP contribution in [0.1, 0.15) is 79.4 Å². The van der Waals surface area contributed by atoms with Gasteiger partial charge in [-0.3, -0.25) is 0 Å². The molecule has 0 amide bonds. The minimum atomic E-state index is 0.195. The average molecular weight is 632 g/mol. The molecule has 2 fully saturated rings. The molecule has 2 aromatic rings. The maximum atomic E-state index is 10.3. The monoisotopic (exact) mass is 631 g/mol. The topological polar surface area (TPSA) is 30.3 Å². The quantitative estimate of drug-likeness (QED) is 0.316. The van der Waals surface area contributed by atoms with Gasteiger partial charge in [0.2, 0.25) is 0 Å². The van der Waals surface area contributed by atoms with Crippen molar-refractivity contribution in [2.24, 2.45) is 11.8 Å². The molecule has 0 aromatic heterocycles. The van der Waals surface area contributed by atoms with Crippen molar-refractivity contribution in [2.45, 2.75) is 91.0 Å². The molecule has 2 aromatic carbocycles. The number of hydrogen-bond donors (Lipinski definition) is 0. The molecule has 234 valence electrons. The highest BCUT2D eigenvalue weighted by atomic mass is 32.2. The van der Waals surface area contributed by atoms with Gasteiger partial charge in [0.05, 0.1) is 23.0 Å². The Kier molecular flexibility index (Phi) is 6.62. The molecule has 0 radical (unpaired) electrons. The Morgan fingerprint density at radius 1 is 0.745 bits per heavy atom. The van der Waals surface area contributed by atoms with Crippen LogP contribution in [0.4, 0.5) is 11.4 Å². The number of fused-ring (bicyclic) bond motifs is 9. The molecular formula is C43H41N3S. The standard InChI is InChI=1S/C43H41N3S/c44-26-27-12-1-5-21-36(27)45-37-22-6-2-13-28(37)31-16-9-18-33(41(31)45)34-19-10-17-32-29-14-3-7-23-38(29)46(42(32)34)39-24-11-20-35-30-15-4-8-25-40(30)47-43(35)39/h2,4,6,8-13,15-16,18-22,24-25,28-30,32,34,37-38,40,42H,1,3,5,7,14,17,23H2. The first kappa shape index (κ1) is 28.1. The molecule has 0 N–H and O–H groups in total. The summed E-state index contributed by atoms with van der Waals surface area (Å²) in [4.78, 5) is 7.06. The van der Waals surface area contributed by atoms with Crippen LogP contribution in [-0.4, -0.2) is 23.4 Å². The van der Waals surface area contributed by atoms with Crippen molar-refractivity contribution >= 4 is 23.1 Å². The van der Waals surface area contributed by atoms with E-state index in [-0.39, 0.29) is 12.0 Å². The van der Waals surface area contributed by atoms with Crippen molar-refractivity contribution in [1.82, 2.24) is 0 Å². The number of allylic oxidation sites excluding steroid dienone is 9. The molecule has 47 heavy (non-hydrogen) atoms. The Hall–Kier alpha value is -3.94. The van der Waals surface area contributed by atoms with Gasteiger partial charge in [0, 0.05) is 45.7 Å². The molecule has 4 heteroatoms. The van der Waals surface area contributed by atoms with Gasteiger partial charge < -0.3 is 9.80 Å². The summed E-state index contributed by atoms with van der Waals surface area (Å²) in [5.41, 5.74) is 9.15. The zero-order valence-electron chi connectivity index (χ0n) is 26.8. The van der Waals surface area contributed by atoms with Crippen LogP contribution in [0.3, 0.4) is 0 Å². The van der Waals surface area contributed by atoms with Gasteiger partial charge in [-0.05, 0) is 66.7 Å². The maximum Gasteiger partial charge on any atom is 0.101 e. The predicted octanol–water partition coefficient (Wildman–Crippen LogP) is 10.0. The molecule has 3 aliphatic heterocycles. The minimum absolute atomic E-state index is 0.195. The number of nitrogens with zero attached hydrogens (tertiary/aromatic N) is 3. The lowest BCUT2D eigenvalue weighted by Gasteiger charge is -2.41. The first-order valence-corrected chi connectivity index (χ1v) is 18.9. The maximum absolute atomic E-state index is 10.3. The summed E-state index contributed by atoms with van der Waals surface area (Å²) < 4.78 is 0. The fourth-order valence-electron chi connectivity index (χ4n) is 10.7. The van der Waals surface area contributed by atoms with Gasteiger partial charge in [0.15, 0.2) is 0 Å². The Morgan fingerprint density at radius 3 is 2.43 bits per heavy atom. The lowest BCUT2D eigenvalue weighted by atomic mass is 9.71. The highest BCUT2D eigenvalue weighted by Crippen LogP contribution is 2.60. The van der Waals surface area contributed by atoms with Crippen molar-refractivity contribution in [3.63, 3.8) is 0 Å². The van der Waals surface area contributed by atoms with E-state index in [1.807, 2.05) is 0 Å². The lowest BCUT2D eigenvalue weighted by Crippen LogP contribution is -2.43. The van der Waals surface area contributed by atoms with Crippen LogP contribution in [0, 0.1) is 23.2 Å². The number of nitriles is 1. The van der Waals surface area contributed by atoms with Gasteiger partial charge in [-0.25, -0.2) is 0 Å². The lowest BCUT2D eigenvalue weighted by molar-refractivity contribution is 0.263. The van der Waals surface area contributed by atoms with Crippen LogP contribution < -0.4 is 9.80 Å². The normalized spacial score (nSPS) is 35.3. The predicted molar refractivity (Wildman–Crippen MR) is 194 cm³/mol. The third-order valence-corrected chi connectivity index (χ3v) is 13.9. The van der Waals surface area contributed by atoms with Crippen molar-refractivity contribution in [1.29, 1.82) is 5.26 Å². The SMILES string of the molecule is N#CC1=CCCC=C1N1c2c(cccc2C2C=CCC3C4CCCCC4N(c4cccc5c4SC4C=CC=CC54)C23)C2C=CC=CC21. The minimum Gasteiger partial charge on any atom is -0.363 e. The molecule has 3 heterocycles. The number of para-hydroxylation sites is 1. The second-order valence-corrected chi connectivity index (χ2v) is 15.9. The molecule has 1 saturated heterocycles. The summed E-state index contributed by atoms with van der Waals surface area (Å²) in [7, 11) is 0. The van der Waals surface area contributed by atoms with Crippen molar-refractivity contribution in [2.75, 3.05) is 9.80 Å². The summed E-state index contributed by atoms with van der Waals surface area (Å²) in [5.74, 6) is 2.44. The van der Waals surface area contributed by atoms with Gasteiger partial charge in [-0.2, -0.15) is 5.26 Å². The zero-order valence-corrected chi connectivity index (χ0v) is 27.6. The summed E-state index contributed by atoms with van der Waals surface area (Å²) in [6, 6.07) is 18.1. The molecule has 3 nitrogen and oxygen atoms in total. The van der Waals surface area contributed by atoms with Gasteiger partial charge in [-0.1, -0.05) is 116 Å². The molecule has 5 aliphatic carbocycles. The van der Waals surface area contributed by atoms with Crippen molar-refractivity contribution in [3.8, 4) is 6.07 Å². The van der Waals surface area contributed by atoms with E-state index in [0.717, 1.165) is 30.0 Å². The van der Waals surface area contributed by atoms with Crippen LogP contribution in [0.15, 0.2) is 125 Å². The van der Waals surface area contributed by atoms with Crippen molar-refractivity contribution < 1.29 is 0 Å². The van der Waals surface area contributed by atoms with E-state index < -0.39 is 0 Å². The van der Waals surface area contributed by atoms with Gasteiger partial charge in [0.1, 0.15) is 6.07 Å². The summed E-state index contributed by atoms with van der Waals surface area (Å²) in [6.07, 6.45) is 36.5. The number of rotatable bonds is 3. The molecule has 8 aliphatic rings. The van der Waals surface area contributed by atoms with Gasteiger partial charge in [0.25, 0.3) is 0 Å². The second-order valence-electron chi connectivity index (χ2n) is 14.7. The molecule has 0 spiro atoms. The number of anilines is 2. The molecule has 1 saturated carbocycles. The van der Waals surface area contributed by atoms with E-state index in [1.165, 1.54) is 65.1 Å². The highest BCUT2D eigenvalue weighted by molar-refractivity contribution is 8.00. The number of thioether (sulfide) groups is 1. The highest BCUT2D eigenvalue weighted by Gasteiger charge is 2.54. The van der Waals surface area contributed by atoms with Crippen molar-refractivity contribution in [3.05, 3.63) is 137 Å². The zero-order chi connectivity index (χ0) is 31.1. The fourth-order valence-corrected chi connectivity index (χ4v) is 12.2. The van der Waals surface area contributed by atoms with E-state index in [1.54, 1.807) is 0 Å². The smallest absolute Gasteiger partial charge is 0.101 e. The van der Waals surface area contributed by atoms with Crippen LogP contribution >= 0.6 is 11.8 Å². The van der Waals surface area contributed by atoms with Crippen LogP contribution in [0.25, 0.3) is 0 Å². The number of benzene rings is 2. The van der Waals surface area contributed by atoms with E-state index in [9.17, 15) is 5.26 Å². The fraction of sp³-hybridized carbons (Fsp3) is 0.372. The third-order valence-electron chi connectivity index (χ3n) is 12.5. The van der Waals surface area contributed by atoms with Gasteiger partial charge in [-0.15, -0.1) is 11.8 Å². The van der Waals surface area contributed by atoms with Crippen LogP contribution in [0.5, 0.6) is 0 Å². The largest absolute Gasteiger partial charge is 0.363 e. The van der Waals surface area contributed by atoms with Crippen LogP contribution in [0.2, 0.25) is 0 Å². The Labute approximate surface area is 283 Å². The van der Waals surface area contributed by atoms with E-state index in [4.69, 9.17) is 0 Å². The first-order chi connectivity index (χ1) is 23.3. The first-order valence-electron chi connectivity index (χ1n) is 18.0. The summed E-state index contributed by atoms with van der Waals surface area (Å²) >= 11 is 2.10. The Bertz CT molecular complexity index is 1900. The second kappa shape index (κ2) is 11.1. The third kappa shape index (κ3) is 4.12. The molecular weight excluding hydrogens is 591 g/mol. The van der Waals surface area contributed by atoms with Crippen LogP contribution in [-0.2, 0) is 0 Å². The van der Waals surface area contributed by atoms with E-state index in [2.05, 4.69) is 137 Å². The summed E-state index contributed by atoms with van der Waals surface area (Å²) in [5, 5.41) is 10.8.